The smallest absolute Gasteiger partial charge is 0.266 e. The number of likely N-dealkylation sites (N-methyl/N-ethyl adjacent to an activating group) is 1. The van der Waals surface area contributed by atoms with Crippen molar-refractivity contribution in [1.29, 1.82) is 0 Å². The molecule has 134 valence electrons. The Morgan fingerprint density at radius 2 is 1.81 bits per heavy atom. The molecule has 1 saturated heterocycles. The van der Waals surface area contributed by atoms with Crippen molar-refractivity contribution < 1.29 is 14.3 Å². The summed E-state index contributed by atoms with van der Waals surface area (Å²) in [6.45, 7) is 2.50. The van der Waals surface area contributed by atoms with Crippen molar-refractivity contribution in [3.63, 3.8) is 0 Å². The van der Waals surface area contributed by atoms with Crippen LogP contribution in [-0.4, -0.2) is 36.7 Å². The Hall–Kier alpha value is -2.73. The van der Waals surface area contributed by atoms with Gasteiger partial charge in [0.15, 0.2) is 5.17 Å². The van der Waals surface area contributed by atoms with Crippen LogP contribution in [0.2, 0.25) is 0 Å². The Morgan fingerprint density at radius 1 is 1.08 bits per heavy atom. The molecule has 1 aliphatic heterocycles. The summed E-state index contributed by atoms with van der Waals surface area (Å²) in [7, 11) is 3.25. The molecule has 0 unspecified atom stereocenters. The van der Waals surface area contributed by atoms with Crippen LogP contribution in [0.5, 0.6) is 11.5 Å². The second-order valence-electron chi connectivity index (χ2n) is 5.49. The van der Waals surface area contributed by atoms with Crippen LogP contribution in [0, 0.1) is 0 Å². The van der Waals surface area contributed by atoms with Gasteiger partial charge in [-0.25, -0.2) is 4.99 Å². The predicted octanol–water partition coefficient (Wildman–Crippen LogP) is 4.33. The van der Waals surface area contributed by atoms with E-state index in [0.717, 1.165) is 22.7 Å². The molecule has 1 fully saturated rings. The quantitative estimate of drug-likeness (QED) is 0.737. The molecule has 3 rings (SSSR count). The highest BCUT2D eigenvalue weighted by Crippen LogP contribution is 2.35. The number of amides is 1. The van der Waals surface area contributed by atoms with E-state index in [4.69, 9.17) is 9.47 Å². The van der Waals surface area contributed by atoms with Crippen molar-refractivity contribution in [2.75, 3.05) is 20.8 Å². The third-order valence-corrected chi connectivity index (χ3v) is 4.93. The normalized spacial score (nSPS) is 17.2. The lowest BCUT2D eigenvalue weighted by atomic mass is 10.2. The molecule has 0 bridgehead atoms. The summed E-state index contributed by atoms with van der Waals surface area (Å²) in [4.78, 5) is 19.7. The first-order chi connectivity index (χ1) is 12.7. The fraction of sp³-hybridized carbons (Fsp3) is 0.200. The molecule has 1 amide bonds. The zero-order valence-electron chi connectivity index (χ0n) is 14.9. The number of carbonyl (C=O) groups excluding carboxylic acids is 1. The molecular formula is C20H20N2O3S. The number of para-hydroxylation sites is 1. The number of amidine groups is 1. The summed E-state index contributed by atoms with van der Waals surface area (Å²) in [6.07, 6.45) is 1.85. The van der Waals surface area contributed by atoms with Crippen molar-refractivity contribution in [3.8, 4) is 11.5 Å². The van der Waals surface area contributed by atoms with E-state index in [1.165, 1.54) is 11.8 Å². The number of thioether (sulfide) groups is 1. The molecule has 1 aliphatic rings. The molecule has 26 heavy (non-hydrogen) atoms. The number of hydrogen-bond acceptors (Lipinski definition) is 5. The molecule has 5 nitrogen and oxygen atoms in total. The van der Waals surface area contributed by atoms with Gasteiger partial charge in [-0.15, -0.1) is 0 Å². The van der Waals surface area contributed by atoms with Crippen LogP contribution in [0.3, 0.4) is 0 Å². The lowest BCUT2D eigenvalue weighted by Gasteiger charge is -2.12. The van der Waals surface area contributed by atoms with Gasteiger partial charge in [0.2, 0.25) is 0 Å². The van der Waals surface area contributed by atoms with Crippen molar-refractivity contribution in [2.24, 2.45) is 4.99 Å². The highest BCUT2D eigenvalue weighted by Gasteiger charge is 2.32. The van der Waals surface area contributed by atoms with Crippen LogP contribution in [0.4, 0.5) is 5.69 Å². The van der Waals surface area contributed by atoms with Gasteiger partial charge in [-0.05, 0) is 55.1 Å². The Balaban J connectivity index is 1.92. The molecule has 0 aromatic heterocycles. The maximum absolute atomic E-state index is 12.7. The Labute approximate surface area is 157 Å². The fourth-order valence-corrected chi connectivity index (χ4v) is 3.62. The molecule has 0 atom stereocenters. The number of aliphatic imine (C=N–C) groups is 1. The molecular weight excluding hydrogens is 348 g/mol. The van der Waals surface area contributed by atoms with Gasteiger partial charge in [0.1, 0.15) is 11.5 Å². The number of hydrogen-bond donors (Lipinski definition) is 0. The first kappa shape index (κ1) is 18.1. The van der Waals surface area contributed by atoms with Gasteiger partial charge < -0.3 is 9.47 Å². The van der Waals surface area contributed by atoms with E-state index in [-0.39, 0.29) is 5.91 Å². The minimum absolute atomic E-state index is 0.0457. The highest BCUT2D eigenvalue weighted by molar-refractivity contribution is 8.18. The lowest BCUT2D eigenvalue weighted by molar-refractivity contribution is -0.122. The summed E-state index contributed by atoms with van der Waals surface area (Å²) < 4.78 is 10.5. The summed E-state index contributed by atoms with van der Waals surface area (Å²) in [5.41, 5.74) is 1.64. The summed E-state index contributed by atoms with van der Waals surface area (Å²) in [6, 6.07) is 15.1. The van der Waals surface area contributed by atoms with Gasteiger partial charge in [-0.2, -0.15) is 0 Å². The van der Waals surface area contributed by atoms with Crippen molar-refractivity contribution in [1.82, 2.24) is 4.90 Å². The minimum atomic E-state index is -0.0457. The Morgan fingerprint density at radius 3 is 2.46 bits per heavy atom. The minimum Gasteiger partial charge on any atom is -0.497 e. The van der Waals surface area contributed by atoms with E-state index in [2.05, 4.69) is 4.99 Å². The van der Waals surface area contributed by atoms with Crippen molar-refractivity contribution in [2.45, 2.75) is 6.92 Å². The van der Waals surface area contributed by atoms with E-state index >= 15 is 0 Å². The van der Waals surface area contributed by atoms with E-state index in [1.807, 2.05) is 61.5 Å². The van der Waals surface area contributed by atoms with Gasteiger partial charge in [0.25, 0.3) is 5.91 Å². The molecule has 0 spiro atoms. The Bertz CT molecular complexity index is 860. The average molecular weight is 368 g/mol. The van der Waals surface area contributed by atoms with Crippen LogP contribution in [0.1, 0.15) is 12.5 Å². The Kier molecular flexibility index (Phi) is 5.63. The molecule has 0 radical (unpaired) electrons. The third kappa shape index (κ3) is 3.75. The molecule has 0 saturated carbocycles. The average Bonchev–Trinajstić information content (AvgIpc) is 2.97. The second-order valence-corrected chi connectivity index (χ2v) is 6.50. The molecule has 2 aromatic rings. The number of rotatable bonds is 5. The summed E-state index contributed by atoms with van der Waals surface area (Å²) >= 11 is 1.37. The zero-order chi connectivity index (χ0) is 18.5. The molecule has 2 aromatic carbocycles. The monoisotopic (exact) mass is 368 g/mol. The largest absolute Gasteiger partial charge is 0.497 e. The van der Waals surface area contributed by atoms with Crippen LogP contribution in [0.15, 0.2) is 58.4 Å². The van der Waals surface area contributed by atoms with Crippen LogP contribution < -0.4 is 9.47 Å². The first-order valence-electron chi connectivity index (χ1n) is 8.23. The standard InChI is InChI=1S/C20H20N2O3S/c1-4-22-19(23)18(13-14-7-5-6-8-17(14)25-3)26-20(22)21-15-9-11-16(24-2)12-10-15/h5-13H,4H2,1-3H3/b18-13+,21-20?. The van der Waals surface area contributed by atoms with Gasteiger partial charge in [0, 0.05) is 12.1 Å². The van der Waals surface area contributed by atoms with E-state index in [9.17, 15) is 4.79 Å². The third-order valence-electron chi connectivity index (χ3n) is 3.93. The molecule has 6 heteroatoms. The first-order valence-corrected chi connectivity index (χ1v) is 9.05. The summed E-state index contributed by atoms with van der Waals surface area (Å²) in [5, 5.41) is 0.670. The van der Waals surface area contributed by atoms with E-state index in [0.29, 0.717) is 16.6 Å². The maximum atomic E-state index is 12.7. The molecule has 0 aliphatic carbocycles. The molecule has 0 N–H and O–H groups in total. The maximum Gasteiger partial charge on any atom is 0.266 e. The van der Waals surface area contributed by atoms with Gasteiger partial charge in [-0.3, -0.25) is 9.69 Å². The van der Waals surface area contributed by atoms with E-state index < -0.39 is 0 Å². The number of carbonyl (C=O) groups is 1. The van der Waals surface area contributed by atoms with Gasteiger partial charge >= 0.3 is 0 Å². The van der Waals surface area contributed by atoms with Crippen LogP contribution >= 0.6 is 11.8 Å². The van der Waals surface area contributed by atoms with Crippen molar-refractivity contribution in [3.05, 3.63) is 59.0 Å². The second kappa shape index (κ2) is 8.10. The van der Waals surface area contributed by atoms with Crippen molar-refractivity contribution >= 4 is 34.6 Å². The SMILES string of the molecule is CCN1C(=O)/C(=C\c2ccccc2OC)SC1=Nc1ccc(OC)cc1. The van der Waals surface area contributed by atoms with Gasteiger partial charge in [-0.1, -0.05) is 18.2 Å². The number of benzene rings is 2. The topological polar surface area (TPSA) is 51.1 Å². The number of methoxy groups -OCH3 is 2. The zero-order valence-corrected chi connectivity index (χ0v) is 15.7. The highest BCUT2D eigenvalue weighted by atomic mass is 32.2. The van der Waals surface area contributed by atoms with Crippen LogP contribution in [-0.2, 0) is 4.79 Å². The predicted molar refractivity (Wildman–Crippen MR) is 106 cm³/mol. The van der Waals surface area contributed by atoms with Crippen LogP contribution in [0.25, 0.3) is 6.08 Å². The molecule has 1 heterocycles. The lowest BCUT2D eigenvalue weighted by Crippen LogP contribution is -2.28. The number of ether oxygens (including phenoxy) is 2. The summed E-state index contributed by atoms with van der Waals surface area (Å²) in [5.74, 6) is 1.46. The van der Waals surface area contributed by atoms with E-state index in [1.54, 1.807) is 19.1 Å². The van der Waals surface area contributed by atoms with Gasteiger partial charge in [0.05, 0.1) is 24.8 Å². The fourth-order valence-electron chi connectivity index (χ4n) is 2.56. The number of nitrogens with zero attached hydrogens (tertiary/aromatic N) is 2.